The summed E-state index contributed by atoms with van der Waals surface area (Å²) in [4.78, 5) is 29.6. The number of nitrogens with zero attached hydrogens (tertiary/aromatic N) is 2. The Hall–Kier alpha value is -3.22. The molecule has 0 saturated carbocycles. The average molecular weight is 396 g/mol. The number of aryl methyl sites for hydroxylation is 2. The molecule has 1 aromatic carbocycles. The molecule has 1 aliphatic rings. The molecule has 6 nitrogen and oxygen atoms in total. The average Bonchev–Trinajstić information content (AvgIpc) is 2.65. The van der Waals surface area contributed by atoms with Crippen LogP contribution in [0.1, 0.15) is 41.6 Å². The molecule has 0 spiro atoms. The first-order valence-electron chi connectivity index (χ1n) is 9.48. The number of halogens is 1. The summed E-state index contributed by atoms with van der Waals surface area (Å²) in [6.07, 6.45) is 1.49. The molecule has 4 rings (SSSR count). The summed E-state index contributed by atoms with van der Waals surface area (Å²) in [5, 5.41) is 0.0980. The number of benzene rings is 1. The minimum absolute atomic E-state index is 0.0980. The van der Waals surface area contributed by atoms with Crippen LogP contribution in [-0.4, -0.2) is 28.7 Å². The second-order valence-electron chi connectivity index (χ2n) is 7.26. The van der Waals surface area contributed by atoms with Crippen LogP contribution in [0.3, 0.4) is 0 Å². The third kappa shape index (κ3) is 3.06. The molecule has 1 atom stereocenters. The van der Waals surface area contributed by atoms with Gasteiger partial charge >= 0.3 is 5.97 Å². The minimum atomic E-state index is -0.715. The lowest BCUT2D eigenvalue weighted by Gasteiger charge is -2.29. The molecule has 150 valence electrons. The topological polar surface area (TPSA) is 70.4 Å². The van der Waals surface area contributed by atoms with Crippen molar-refractivity contribution in [1.82, 2.24) is 9.55 Å². The Balaban J connectivity index is 2.09. The number of rotatable bonds is 3. The fourth-order valence-corrected chi connectivity index (χ4v) is 3.83. The van der Waals surface area contributed by atoms with Crippen molar-refractivity contribution in [2.75, 3.05) is 13.2 Å². The third-order valence-corrected chi connectivity index (χ3v) is 5.03. The zero-order chi connectivity index (χ0) is 20.9. The van der Waals surface area contributed by atoms with Crippen molar-refractivity contribution in [3.63, 3.8) is 0 Å². The number of aromatic nitrogens is 2. The van der Waals surface area contributed by atoms with E-state index in [1.54, 1.807) is 23.6 Å². The van der Waals surface area contributed by atoms with Gasteiger partial charge in [0.1, 0.15) is 18.0 Å². The van der Waals surface area contributed by atoms with Crippen LogP contribution in [0.4, 0.5) is 4.39 Å². The maximum absolute atomic E-state index is 15.3. The molecule has 0 saturated heterocycles. The van der Waals surface area contributed by atoms with Crippen molar-refractivity contribution in [2.45, 2.75) is 33.7 Å². The van der Waals surface area contributed by atoms with Crippen LogP contribution >= 0.6 is 0 Å². The SMILES string of the molecule is CCOC(=O)c1cn2c3c(c(-c4cc(C)nc(C)c4)c(F)cc3c1=O)OC[C@H]2C. The fraction of sp³-hybridized carbons (Fsp3) is 0.318. The van der Waals surface area contributed by atoms with Gasteiger partial charge in [-0.1, -0.05) is 0 Å². The molecule has 3 aromatic rings. The summed E-state index contributed by atoms with van der Waals surface area (Å²) in [7, 11) is 0. The van der Waals surface area contributed by atoms with E-state index in [1.165, 1.54) is 12.3 Å². The van der Waals surface area contributed by atoms with E-state index in [4.69, 9.17) is 9.47 Å². The predicted molar refractivity (Wildman–Crippen MR) is 107 cm³/mol. The van der Waals surface area contributed by atoms with E-state index in [-0.39, 0.29) is 35.8 Å². The lowest BCUT2D eigenvalue weighted by Crippen LogP contribution is -2.27. The lowest BCUT2D eigenvalue weighted by atomic mass is 9.98. The molecule has 1 aliphatic heterocycles. The van der Waals surface area contributed by atoms with Gasteiger partial charge in [-0.05, 0) is 51.5 Å². The molecule has 7 heteroatoms. The van der Waals surface area contributed by atoms with E-state index >= 15 is 4.39 Å². The highest BCUT2D eigenvalue weighted by molar-refractivity contribution is 5.98. The Morgan fingerprint density at radius 2 is 2.00 bits per heavy atom. The predicted octanol–water partition coefficient (Wildman–Crippen LogP) is 3.95. The van der Waals surface area contributed by atoms with E-state index in [9.17, 15) is 9.59 Å². The van der Waals surface area contributed by atoms with Crippen molar-refractivity contribution in [2.24, 2.45) is 0 Å². The monoisotopic (exact) mass is 396 g/mol. The Morgan fingerprint density at radius 1 is 1.31 bits per heavy atom. The second-order valence-corrected chi connectivity index (χ2v) is 7.26. The van der Waals surface area contributed by atoms with Crippen molar-refractivity contribution in [3.05, 3.63) is 57.4 Å². The summed E-state index contributed by atoms with van der Waals surface area (Å²) >= 11 is 0. The quantitative estimate of drug-likeness (QED) is 0.627. The van der Waals surface area contributed by atoms with Gasteiger partial charge in [-0.3, -0.25) is 9.78 Å². The first kappa shape index (κ1) is 19.1. The third-order valence-electron chi connectivity index (χ3n) is 5.03. The largest absolute Gasteiger partial charge is 0.488 e. The number of hydrogen-bond donors (Lipinski definition) is 0. The van der Waals surface area contributed by atoms with Crippen LogP contribution in [0, 0.1) is 19.7 Å². The Bertz CT molecular complexity index is 1200. The molecule has 29 heavy (non-hydrogen) atoms. The van der Waals surface area contributed by atoms with Crippen molar-refractivity contribution >= 4 is 16.9 Å². The van der Waals surface area contributed by atoms with Gasteiger partial charge in [0.15, 0.2) is 5.75 Å². The molecule has 3 heterocycles. The molecule has 2 aromatic heterocycles. The molecule has 0 fully saturated rings. The highest BCUT2D eigenvalue weighted by atomic mass is 19.1. The molecule has 0 bridgehead atoms. The first-order valence-corrected chi connectivity index (χ1v) is 9.48. The van der Waals surface area contributed by atoms with Crippen molar-refractivity contribution in [1.29, 1.82) is 0 Å². The Labute approximate surface area is 166 Å². The maximum Gasteiger partial charge on any atom is 0.343 e. The molecule has 0 N–H and O–H groups in total. The summed E-state index contributed by atoms with van der Waals surface area (Å²) in [5.41, 5.74) is 2.23. The van der Waals surface area contributed by atoms with Crippen LogP contribution in [0.2, 0.25) is 0 Å². The molecule has 0 aliphatic carbocycles. The summed E-state index contributed by atoms with van der Waals surface area (Å²) < 4.78 is 28.0. The second kappa shape index (κ2) is 6.99. The lowest BCUT2D eigenvalue weighted by molar-refractivity contribution is 0.0523. The highest BCUT2D eigenvalue weighted by Crippen LogP contribution is 2.42. The van der Waals surface area contributed by atoms with Crippen LogP contribution < -0.4 is 10.2 Å². The Morgan fingerprint density at radius 3 is 2.66 bits per heavy atom. The van der Waals surface area contributed by atoms with E-state index in [2.05, 4.69) is 4.98 Å². The van der Waals surface area contributed by atoms with Crippen LogP contribution in [0.15, 0.2) is 29.2 Å². The number of hydrogen-bond acceptors (Lipinski definition) is 5. The number of carbonyl (C=O) groups excluding carboxylic acids is 1. The maximum atomic E-state index is 15.3. The fourth-order valence-electron chi connectivity index (χ4n) is 3.83. The molecule has 0 unspecified atom stereocenters. The summed E-state index contributed by atoms with van der Waals surface area (Å²) in [6.45, 7) is 7.68. The highest BCUT2D eigenvalue weighted by Gasteiger charge is 2.29. The van der Waals surface area contributed by atoms with Gasteiger partial charge in [0.2, 0.25) is 5.43 Å². The van der Waals surface area contributed by atoms with E-state index < -0.39 is 17.2 Å². The van der Waals surface area contributed by atoms with Gasteiger partial charge in [-0.2, -0.15) is 0 Å². The van der Waals surface area contributed by atoms with E-state index in [0.717, 1.165) is 11.4 Å². The van der Waals surface area contributed by atoms with Crippen LogP contribution in [-0.2, 0) is 4.74 Å². The van der Waals surface area contributed by atoms with Crippen LogP contribution in [0.5, 0.6) is 5.75 Å². The molecular weight excluding hydrogens is 375 g/mol. The standard InChI is InChI=1S/C22H21FN2O4/c1-5-28-22(27)16-9-25-13(4)10-29-21-18(14-6-11(2)24-12(3)7-14)17(23)8-15(19(21)25)20(16)26/h6-9,13H,5,10H2,1-4H3/t13-/m1/s1. The zero-order valence-electron chi connectivity index (χ0n) is 16.7. The molecule has 0 radical (unpaired) electrons. The van der Waals surface area contributed by atoms with Crippen LogP contribution in [0.25, 0.3) is 22.0 Å². The minimum Gasteiger partial charge on any atom is -0.488 e. The Kier molecular flexibility index (Phi) is 4.61. The number of ether oxygens (including phenoxy) is 2. The number of esters is 1. The summed E-state index contributed by atoms with van der Waals surface area (Å²) in [6, 6.07) is 4.61. The first-order chi connectivity index (χ1) is 13.8. The van der Waals surface area contributed by atoms with Gasteiger partial charge in [-0.15, -0.1) is 0 Å². The number of carbonyl (C=O) groups is 1. The van der Waals surface area contributed by atoms with E-state index in [0.29, 0.717) is 16.8 Å². The van der Waals surface area contributed by atoms with E-state index in [1.807, 2.05) is 20.8 Å². The van der Waals surface area contributed by atoms with Gasteiger partial charge in [0, 0.05) is 17.6 Å². The van der Waals surface area contributed by atoms with Gasteiger partial charge in [0.05, 0.1) is 29.1 Å². The normalized spacial score (nSPS) is 15.3. The van der Waals surface area contributed by atoms with Gasteiger partial charge in [0.25, 0.3) is 0 Å². The molecular formula is C22H21FN2O4. The van der Waals surface area contributed by atoms with Crippen molar-refractivity contribution < 1.29 is 18.7 Å². The molecule has 0 amide bonds. The van der Waals surface area contributed by atoms with Crippen molar-refractivity contribution in [3.8, 4) is 16.9 Å². The number of pyridine rings is 2. The van der Waals surface area contributed by atoms with Gasteiger partial charge < -0.3 is 14.0 Å². The van der Waals surface area contributed by atoms with Gasteiger partial charge in [-0.25, -0.2) is 9.18 Å². The smallest absolute Gasteiger partial charge is 0.343 e. The summed E-state index contributed by atoms with van der Waals surface area (Å²) in [5.74, 6) is -0.999. The zero-order valence-corrected chi connectivity index (χ0v) is 16.7.